The standard InChI is InChI=1S/C5H2ClFN.ClH.Zn/c6-5-2-1-4(7)3-8-5;;/h1-2H;1H;. The molecular weight excluding hydrogens is 229 g/mol. The summed E-state index contributed by atoms with van der Waals surface area (Å²) < 4.78 is 12.9. The Kier molecular flexibility index (Phi) is 4.34. The Balaban J connectivity index is 0.000000810. The molecule has 1 aromatic rings. The van der Waals surface area contributed by atoms with E-state index in [9.17, 15) is 4.39 Å². The summed E-state index contributed by atoms with van der Waals surface area (Å²) in [5.74, 6) is -0.264. The molecule has 1 nitrogen and oxygen atoms in total. The second-order valence-corrected chi connectivity index (χ2v) is 3.35. The van der Waals surface area contributed by atoms with Gasteiger partial charge in [0.15, 0.2) is 0 Å². The monoisotopic (exact) mass is 230 g/mol. The van der Waals surface area contributed by atoms with Crippen molar-refractivity contribution >= 4 is 28.3 Å². The summed E-state index contributed by atoms with van der Waals surface area (Å²) in [5.41, 5.74) is 0. The SMILES string of the molecule is Cl.Fc1ccc(Cl)n[c]1[Zn]. The van der Waals surface area contributed by atoms with Crippen LogP contribution >= 0.6 is 24.0 Å². The van der Waals surface area contributed by atoms with E-state index in [-0.39, 0.29) is 18.2 Å². The van der Waals surface area contributed by atoms with Gasteiger partial charge in [0.25, 0.3) is 0 Å². The average Bonchev–Trinajstić information content (AvgIpc) is 1.80. The van der Waals surface area contributed by atoms with E-state index in [0.717, 1.165) is 0 Å². The van der Waals surface area contributed by atoms with E-state index in [0.29, 0.717) is 27.7 Å². The van der Waals surface area contributed by atoms with Crippen molar-refractivity contribution in [2.45, 2.75) is 0 Å². The van der Waals surface area contributed by atoms with Crippen molar-refractivity contribution in [1.82, 2.24) is 4.98 Å². The molecule has 1 rings (SSSR count). The number of nitrogens with zero attached hydrogens (tertiary/aromatic N) is 1. The summed E-state index contributed by atoms with van der Waals surface area (Å²) in [6, 6.07) is 2.77. The molecule has 0 fully saturated rings. The molecule has 0 atom stereocenters. The van der Waals surface area contributed by atoms with Crippen molar-refractivity contribution < 1.29 is 22.7 Å². The topological polar surface area (TPSA) is 12.9 Å². The van der Waals surface area contributed by atoms with Crippen LogP contribution in [0, 0.1) is 5.82 Å². The molecule has 0 aliphatic carbocycles. The van der Waals surface area contributed by atoms with Crippen molar-refractivity contribution in [1.29, 1.82) is 0 Å². The Hall–Kier alpha value is 0.283. The predicted molar refractivity (Wildman–Crippen MR) is 36.1 cm³/mol. The maximum atomic E-state index is 12.4. The van der Waals surface area contributed by atoms with Crippen LogP contribution in [0.2, 0.25) is 5.15 Å². The minimum absolute atomic E-state index is 0. The van der Waals surface area contributed by atoms with Gasteiger partial charge in [0.05, 0.1) is 0 Å². The number of hydrogen-bond acceptors (Lipinski definition) is 1. The normalized spacial score (nSPS) is 8.80. The summed E-state index contributed by atoms with van der Waals surface area (Å²) in [5, 5.41) is 0.359. The Morgan fingerprint density at radius 3 is 2.50 bits per heavy atom. The fraction of sp³-hybridized carbons (Fsp3) is 0. The molecule has 0 bridgehead atoms. The third-order valence-corrected chi connectivity index (χ3v) is 2.14. The van der Waals surface area contributed by atoms with Crippen molar-refractivity contribution in [3.63, 3.8) is 0 Å². The Bertz CT molecular complexity index is 231. The van der Waals surface area contributed by atoms with Gasteiger partial charge in [0, 0.05) is 0 Å². The van der Waals surface area contributed by atoms with Crippen molar-refractivity contribution in [3.8, 4) is 0 Å². The zero-order chi connectivity index (χ0) is 6.85. The number of pyridine rings is 1. The average molecular weight is 232 g/mol. The third-order valence-electron chi connectivity index (χ3n) is 0.885. The molecule has 0 aliphatic heterocycles. The summed E-state index contributed by atoms with van der Waals surface area (Å²) in [6.07, 6.45) is 0. The van der Waals surface area contributed by atoms with E-state index in [1.54, 1.807) is 0 Å². The van der Waals surface area contributed by atoms with Gasteiger partial charge in [-0.2, -0.15) is 0 Å². The van der Waals surface area contributed by atoms with Gasteiger partial charge in [0.1, 0.15) is 0 Å². The molecule has 0 saturated carbocycles. The molecule has 0 aromatic carbocycles. The van der Waals surface area contributed by atoms with Crippen LogP contribution in [-0.4, -0.2) is 4.98 Å². The van der Waals surface area contributed by atoms with E-state index in [4.69, 9.17) is 11.6 Å². The van der Waals surface area contributed by atoms with E-state index in [1.165, 1.54) is 12.1 Å². The molecule has 1 aromatic heterocycles. The molecule has 0 saturated heterocycles. The number of aromatic nitrogens is 1. The van der Waals surface area contributed by atoms with E-state index >= 15 is 0 Å². The number of hydrogen-bond donors (Lipinski definition) is 0. The minimum atomic E-state index is -0.264. The van der Waals surface area contributed by atoms with E-state index in [1.807, 2.05) is 0 Å². The Labute approximate surface area is 79.1 Å². The van der Waals surface area contributed by atoms with Crippen LogP contribution in [0.25, 0.3) is 0 Å². The molecule has 5 heteroatoms. The first kappa shape index (κ1) is 10.3. The fourth-order valence-electron chi connectivity index (χ4n) is 0.458. The van der Waals surface area contributed by atoms with E-state index < -0.39 is 0 Å². The van der Waals surface area contributed by atoms with Gasteiger partial charge in [-0.1, -0.05) is 0 Å². The van der Waals surface area contributed by atoms with Gasteiger partial charge < -0.3 is 0 Å². The summed E-state index contributed by atoms with van der Waals surface area (Å²) in [7, 11) is 0. The zero-order valence-electron chi connectivity index (χ0n) is 4.97. The van der Waals surface area contributed by atoms with Gasteiger partial charge in [0.2, 0.25) is 0 Å². The van der Waals surface area contributed by atoms with Gasteiger partial charge in [-0.05, 0) is 0 Å². The summed E-state index contributed by atoms with van der Waals surface area (Å²) >= 11 is 6.16. The van der Waals surface area contributed by atoms with Gasteiger partial charge >= 0.3 is 66.7 Å². The van der Waals surface area contributed by atoms with Crippen LogP contribution < -0.4 is 4.29 Å². The second kappa shape index (κ2) is 4.22. The molecule has 0 spiro atoms. The summed E-state index contributed by atoms with van der Waals surface area (Å²) in [6.45, 7) is 0. The van der Waals surface area contributed by atoms with Crippen LogP contribution in [0.1, 0.15) is 0 Å². The Morgan fingerprint density at radius 2 is 2.10 bits per heavy atom. The quantitative estimate of drug-likeness (QED) is 0.487. The van der Waals surface area contributed by atoms with Gasteiger partial charge in [-0.3, -0.25) is 0 Å². The first-order chi connectivity index (χ1) is 4.20. The molecule has 1 heterocycles. The first-order valence-corrected chi connectivity index (χ1v) is 4.20. The van der Waals surface area contributed by atoms with Crippen molar-refractivity contribution in [2.75, 3.05) is 0 Å². The molecule has 0 radical (unpaired) electrons. The number of halogens is 3. The fourth-order valence-corrected chi connectivity index (χ4v) is 1.44. The first-order valence-electron chi connectivity index (χ1n) is 2.34. The van der Waals surface area contributed by atoms with Crippen LogP contribution in [-0.2, 0) is 18.3 Å². The van der Waals surface area contributed by atoms with Crippen LogP contribution in [0.3, 0.4) is 0 Å². The van der Waals surface area contributed by atoms with Crippen LogP contribution in [0.5, 0.6) is 0 Å². The van der Waals surface area contributed by atoms with Crippen molar-refractivity contribution in [2.24, 2.45) is 0 Å². The van der Waals surface area contributed by atoms with Gasteiger partial charge in [-0.15, -0.1) is 12.4 Å². The second-order valence-electron chi connectivity index (χ2n) is 1.56. The molecule has 10 heavy (non-hydrogen) atoms. The van der Waals surface area contributed by atoms with Crippen molar-refractivity contribution in [3.05, 3.63) is 23.1 Å². The molecule has 0 N–H and O–H groups in total. The Morgan fingerprint density at radius 1 is 1.50 bits per heavy atom. The van der Waals surface area contributed by atoms with Crippen LogP contribution in [0.4, 0.5) is 4.39 Å². The van der Waals surface area contributed by atoms with Gasteiger partial charge in [-0.25, -0.2) is 0 Å². The molecule has 0 unspecified atom stereocenters. The third kappa shape index (κ3) is 2.49. The van der Waals surface area contributed by atoms with Crippen LogP contribution in [0.15, 0.2) is 12.1 Å². The molecule has 0 amide bonds. The predicted octanol–water partition coefficient (Wildman–Crippen LogP) is 1.47. The number of rotatable bonds is 0. The maximum absolute atomic E-state index is 12.4. The zero-order valence-corrected chi connectivity index (χ0v) is 9.51. The summed E-state index contributed by atoms with van der Waals surface area (Å²) in [4.78, 5) is 3.72. The molecule has 0 aliphatic rings. The molecular formula is C5H3Cl2FNZn. The van der Waals surface area contributed by atoms with E-state index in [2.05, 4.69) is 4.98 Å². The molecule has 51 valence electrons.